The van der Waals surface area contributed by atoms with Gasteiger partial charge in [-0.05, 0) is 90.4 Å². The van der Waals surface area contributed by atoms with Gasteiger partial charge >= 0.3 is 21.1 Å². The first kappa shape index (κ1) is 36.3. The minimum atomic E-state index is 0. The second-order valence-corrected chi connectivity index (χ2v) is 15.8. The Kier molecular flexibility index (Phi) is 9.91. The van der Waals surface area contributed by atoms with Crippen molar-refractivity contribution >= 4 is 21.8 Å². The van der Waals surface area contributed by atoms with Gasteiger partial charge in [-0.2, -0.15) is 16.7 Å². The topological polar surface area (TPSA) is 44.9 Å². The number of nitrogens with zero attached hydrogens (tertiary/aromatic N) is 4. The van der Waals surface area contributed by atoms with Crippen LogP contribution in [0.4, 0.5) is 0 Å². The summed E-state index contributed by atoms with van der Waals surface area (Å²) in [5, 5.41) is 7.30. The Morgan fingerprint density at radius 3 is 2.24 bits per heavy atom. The fourth-order valence-electron chi connectivity index (χ4n) is 6.77. The third-order valence-electron chi connectivity index (χ3n) is 9.50. The predicted octanol–water partition coefficient (Wildman–Crippen LogP) is 11.6. The van der Waals surface area contributed by atoms with Crippen molar-refractivity contribution in [3.05, 3.63) is 131 Å². The molecule has 0 bridgehead atoms. The molecule has 0 saturated heterocycles. The van der Waals surface area contributed by atoms with Crippen LogP contribution in [-0.2, 0) is 32.9 Å². The second-order valence-electron chi connectivity index (χ2n) is 15.8. The molecule has 0 aliphatic heterocycles. The van der Waals surface area contributed by atoms with E-state index in [1.807, 2.05) is 29.1 Å². The summed E-state index contributed by atoms with van der Waals surface area (Å²) in [6.07, 6.45) is 3.83. The summed E-state index contributed by atoms with van der Waals surface area (Å²) in [4.78, 5) is 4.79. The number of pyridine rings is 1. The van der Waals surface area contributed by atoms with Gasteiger partial charge in [-0.3, -0.25) is 4.68 Å². The van der Waals surface area contributed by atoms with Crippen molar-refractivity contribution in [2.24, 2.45) is 5.41 Å². The van der Waals surface area contributed by atoms with Gasteiger partial charge in [-0.15, -0.1) is 35.7 Å². The molecule has 7 aromatic rings. The molecule has 0 aliphatic carbocycles. The molecule has 0 aliphatic rings. The van der Waals surface area contributed by atoms with Crippen molar-refractivity contribution in [1.29, 1.82) is 0 Å². The molecule has 5 nitrogen and oxygen atoms in total. The standard InChI is InChI=1S/C45H46N4O.Pt/c1-29-20-22-46-42(23-29)48-40-18-15-34(45(7,8)9)26-39(40)38-17-16-36(28-41(38)48)50-37-25-32(19-21-44(4,5)6)24-35(27-37)49-31(3)43(30(2)47-49)33-13-11-10-12-14-33;/h10-18,20,22-26H,19,21H2,1-9H3;/q-2;+2. The SMILES string of the molecule is Cc1ccnc(-n2c3[c-]c(Oc4[c-]c(-n5nc(C)c(-c6ccccc6)c5C)cc(CCC(C)(C)C)c4)ccc3c3cc(C(C)(C)C)ccc32)c1.[Pt+2]. The molecular formula is C45H46N4OPt. The Morgan fingerprint density at radius 2 is 1.53 bits per heavy atom. The van der Waals surface area contributed by atoms with E-state index >= 15 is 0 Å². The van der Waals surface area contributed by atoms with Crippen LogP contribution in [0.15, 0.2) is 91.1 Å². The van der Waals surface area contributed by atoms with Gasteiger partial charge in [0.25, 0.3) is 0 Å². The molecule has 0 spiro atoms. The number of aryl methyl sites for hydroxylation is 3. The van der Waals surface area contributed by atoms with Gasteiger partial charge in [0.2, 0.25) is 0 Å². The largest absolute Gasteiger partial charge is 2.00 e. The van der Waals surface area contributed by atoms with E-state index in [2.05, 4.69) is 146 Å². The molecule has 0 saturated carbocycles. The van der Waals surface area contributed by atoms with E-state index in [1.54, 1.807) is 0 Å². The van der Waals surface area contributed by atoms with Gasteiger partial charge in [0, 0.05) is 34.5 Å². The minimum absolute atomic E-state index is 0. The van der Waals surface area contributed by atoms with Gasteiger partial charge < -0.3 is 9.30 Å². The van der Waals surface area contributed by atoms with Crippen molar-refractivity contribution in [2.75, 3.05) is 0 Å². The fourth-order valence-corrected chi connectivity index (χ4v) is 6.77. The zero-order valence-electron chi connectivity index (χ0n) is 31.1. The molecule has 0 amide bonds. The molecule has 0 fully saturated rings. The summed E-state index contributed by atoms with van der Waals surface area (Å²) >= 11 is 0. The second kappa shape index (κ2) is 13.9. The van der Waals surface area contributed by atoms with Crippen LogP contribution in [0.2, 0.25) is 0 Å². The maximum Gasteiger partial charge on any atom is 2.00 e. The van der Waals surface area contributed by atoms with Gasteiger partial charge in [0.1, 0.15) is 5.82 Å². The number of ether oxygens (including phenoxy) is 1. The normalized spacial score (nSPS) is 12.0. The number of rotatable bonds is 7. The zero-order valence-corrected chi connectivity index (χ0v) is 33.4. The molecule has 0 N–H and O–H groups in total. The summed E-state index contributed by atoms with van der Waals surface area (Å²) in [5.41, 5.74) is 11.1. The predicted molar refractivity (Wildman–Crippen MR) is 206 cm³/mol. The van der Waals surface area contributed by atoms with E-state index in [9.17, 15) is 0 Å². The average molecular weight is 854 g/mol. The van der Waals surface area contributed by atoms with Gasteiger partial charge in [-0.1, -0.05) is 89.5 Å². The van der Waals surface area contributed by atoms with Crippen molar-refractivity contribution in [1.82, 2.24) is 19.3 Å². The Labute approximate surface area is 317 Å². The van der Waals surface area contributed by atoms with Crippen molar-refractivity contribution in [2.45, 2.75) is 80.6 Å². The molecule has 0 unspecified atom stereocenters. The van der Waals surface area contributed by atoms with E-state index in [0.29, 0.717) is 11.5 Å². The van der Waals surface area contributed by atoms with E-state index in [1.165, 1.54) is 16.5 Å². The van der Waals surface area contributed by atoms with Crippen LogP contribution in [0.1, 0.15) is 76.0 Å². The maximum absolute atomic E-state index is 6.69. The molecule has 4 aromatic carbocycles. The van der Waals surface area contributed by atoms with Crippen LogP contribution in [0.5, 0.6) is 11.5 Å². The number of benzene rings is 4. The molecule has 3 aromatic heterocycles. The Hall–Kier alpha value is -4.47. The van der Waals surface area contributed by atoms with E-state index in [0.717, 1.165) is 68.8 Å². The zero-order chi connectivity index (χ0) is 35.4. The van der Waals surface area contributed by atoms with Crippen LogP contribution in [-0.4, -0.2) is 19.3 Å². The van der Waals surface area contributed by atoms with Gasteiger partial charge in [0.15, 0.2) is 0 Å². The third kappa shape index (κ3) is 7.46. The maximum atomic E-state index is 6.69. The molecule has 0 atom stereocenters. The summed E-state index contributed by atoms with van der Waals surface area (Å²) in [6.45, 7) is 19.9. The van der Waals surface area contributed by atoms with E-state index in [-0.39, 0.29) is 31.9 Å². The average Bonchev–Trinajstić information content (AvgIpc) is 3.55. The molecular weight excluding hydrogens is 808 g/mol. The van der Waals surface area contributed by atoms with Crippen molar-refractivity contribution in [3.8, 4) is 34.1 Å². The summed E-state index contributed by atoms with van der Waals surface area (Å²) in [7, 11) is 0. The Bertz CT molecular complexity index is 2350. The Balaban J connectivity index is 0.00000448. The summed E-state index contributed by atoms with van der Waals surface area (Å²) < 4.78 is 10.9. The minimum Gasteiger partial charge on any atom is -0.509 e. The third-order valence-corrected chi connectivity index (χ3v) is 9.50. The van der Waals surface area contributed by atoms with Crippen molar-refractivity contribution in [3.63, 3.8) is 0 Å². The van der Waals surface area contributed by atoms with Gasteiger partial charge in [-0.25, -0.2) is 4.98 Å². The van der Waals surface area contributed by atoms with Crippen LogP contribution in [0, 0.1) is 38.3 Å². The fraction of sp³-hybridized carbons (Fsp3) is 0.289. The van der Waals surface area contributed by atoms with Crippen LogP contribution < -0.4 is 4.74 Å². The first-order chi connectivity index (χ1) is 23.7. The first-order valence-corrected chi connectivity index (χ1v) is 17.6. The molecule has 51 heavy (non-hydrogen) atoms. The molecule has 6 heteroatoms. The molecule has 0 radical (unpaired) electrons. The summed E-state index contributed by atoms with van der Waals surface area (Å²) in [6, 6.07) is 37.1. The molecule has 262 valence electrons. The van der Waals surface area contributed by atoms with Crippen LogP contribution in [0.25, 0.3) is 44.4 Å². The number of hydrogen-bond acceptors (Lipinski definition) is 3. The number of aromatic nitrogens is 4. The number of fused-ring (bicyclic) bond motifs is 3. The molecule has 3 heterocycles. The Morgan fingerprint density at radius 1 is 0.765 bits per heavy atom. The van der Waals surface area contributed by atoms with E-state index < -0.39 is 0 Å². The van der Waals surface area contributed by atoms with Crippen molar-refractivity contribution < 1.29 is 25.8 Å². The van der Waals surface area contributed by atoms with Crippen LogP contribution >= 0.6 is 0 Å². The smallest absolute Gasteiger partial charge is 0.509 e. The summed E-state index contributed by atoms with van der Waals surface area (Å²) in [5.74, 6) is 2.12. The monoisotopic (exact) mass is 853 g/mol. The quantitative estimate of drug-likeness (QED) is 0.150. The first-order valence-electron chi connectivity index (χ1n) is 17.6. The number of hydrogen-bond donors (Lipinski definition) is 0. The van der Waals surface area contributed by atoms with Gasteiger partial charge in [0.05, 0.1) is 5.69 Å². The molecule has 7 rings (SSSR count). The van der Waals surface area contributed by atoms with Crippen LogP contribution in [0.3, 0.4) is 0 Å². The van der Waals surface area contributed by atoms with E-state index in [4.69, 9.17) is 14.8 Å².